The molecule has 0 amide bonds. The lowest BCUT2D eigenvalue weighted by molar-refractivity contribution is -0.120. The van der Waals surface area contributed by atoms with Crippen molar-refractivity contribution in [3.05, 3.63) is 0 Å². The van der Waals surface area contributed by atoms with E-state index in [2.05, 4.69) is 25.7 Å². The Kier molecular flexibility index (Phi) is 5.38. The maximum atomic E-state index is 11.5. The molecule has 0 spiro atoms. The van der Waals surface area contributed by atoms with Gasteiger partial charge in [0.15, 0.2) is 0 Å². The largest absolute Gasteiger partial charge is 0.389 e. The highest BCUT2D eigenvalue weighted by atomic mass is 16.3. The van der Waals surface area contributed by atoms with Gasteiger partial charge in [0.1, 0.15) is 0 Å². The van der Waals surface area contributed by atoms with Crippen molar-refractivity contribution in [3.8, 4) is 0 Å². The monoisotopic (exact) mass is 296 g/mol. The van der Waals surface area contributed by atoms with E-state index < -0.39 is 5.60 Å². The second-order valence-corrected chi connectivity index (χ2v) is 8.38. The number of hydrogen-bond donors (Lipinski definition) is 2. The number of nitrogens with zero attached hydrogens (tertiary/aromatic N) is 1. The molecule has 0 aromatic carbocycles. The predicted molar refractivity (Wildman–Crippen MR) is 89.3 cm³/mol. The van der Waals surface area contributed by atoms with Gasteiger partial charge in [-0.2, -0.15) is 0 Å². The highest BCUT2D eigenvalue weighted by Gasteiger charge is 2.51. The zero-order chi connectivity index (χ0) is 15.6. The summed E-state index contributed by atoms with van der Waals surface area (Å²) in [6, 6.07) is 0. The zero-order valence-electron chi connectivity index (χ0n) is 14.5. The quantitative estimate of drug-likeness (QED) is 0.838. The topological polar surface area (TPSA) is 49.5 Å². The van der Waals surface area contributed by atoms with E-state index in [0.717, 1.165) is 45.2 Å². The average molecular weight is 296 g/mol. The fourth-order valence-corrected chi connectivity index (χ4v) is 4.51. The molecule has 2 rings (SSSR count). The first-order chi connectivity index (χ1) is 9.86. The molecule has 1 atom stereocenters. The molecule has 0 bridgehead atoms. The van der Waals surface area contributed by atoms with E-state index >= 15 is 0 Å². The van der Waals surface area contributed by atoms with Gasteiger partial charge in [-0.05, 0) is 69.9 Å². The van der Waals surface area contributed by atoms with Crippen molar-refractivity contribution < 1.29 is 5.11 Å². The first-order valence-corrected chi connectivity index (χ1v) is 9.01. The summed E-state index contributed by atoms with van der Waals surface area (Å²) in [6.07, 6.45) is 8.75. The van der Waals surface area contributed by atoms with Crippen molar-refractivity contribution in [2.75, 3.05) is 26.2 Å². The highest BCUT2D eigenvalue weighted by molar-refractivity contribution is 5.04. The van der Waals surface area contributed by atoms with Gasteiger partial charge in [0.25, 0.3) is 0 Å². The van der Waals surface area contributed by atoms with Crippen LogP contribution >= 0.6 is 0 Å². The molecule has 124 valence electrons. The Morgan fingerprint density at radius 1 is 1.00 bits per heavy atom. The van der Waals surface area contributed by atoms with Crippen LogP contribution in [0.1, 0.15) is 72.1 Å². The fraction of sp³-hybridized carbons (Fsp3) is 1.00. The number of likely N-dealkylation sites (tertiary alicyclic amines) is 1. The Hall–Kier alpha value is -0.120. The van der Waals surface area contributed by atoms with Crippen molar-refractivity contribution >= 4 is 0 Å². The van der Waals surface area contributed by atoms with Gasteiger partial charge in [-0.3, -0.25) is 0 Å². The third-order valence-electron chi connectivity index (χ3n) is 6.38. The smallest absolute Gasteiger partial charge is 0.0728 e. The fourth-order valence-electron chi connectivity index (χ4n) is 4.51. The maximum absolute atomic E-state index is 11.5. The molecule has 1 aliphatic carbocycles. The molecule has 1 unspecified atom stereocenters. The lowest BCUT2D eigenvalue weighted by atomic mass is 9.56. The Morgan fingerprint density at radius 2 is 1.67 bits per heavy atom. The summed E-state index contributed by atoms with van der Waals surface area (Å²) in [5, 5.41) is 11.5. The minimum absolute atomic E-state index is 0.0370. The van der Waals surface area contributed by atoms with Crippen molar-refractivity contribution in [1.82, 2.24) is 4.90 Å². The minimum Gasteiger partial charge on any atom is -0.389 e. The van der Waals surface area contributed by atoms with Crippen molar-refractivity contribution in [2.45, 2.75) is 77.7 Å². The van der Waals surface area contributed by atoms with E-state index in [4.69, 9.17) is 5.73 Å². The summed E-state index contributed by atoms with van der Waals surface area (Å²) in [4.78, 5) is 2.52. The van der Waals surface area contributed by atoms with Crippen LogP contribution in [0.4, 0.5) is 0 Å². The van der Waals surface area contributed by atoms with Gasteiger partial charge in [-0.15, -0.1) is 0 Å². The molecular weight excluding hydrogens is 260 g/mol. The molecule has 2 fully saturated rings. The van der Waals surface area contributed by atoms with Gasteiger partial charge >= 0.3 is 0 Å². The molecule has 3 nitrogen and oxygen atoms in total. The summed E-state index contributed by atoms with van der Waals surface area (Å²) in [6.45, 7) is 10.9. The molecular formula is C18H36N2O. The second kappa shape index (κ2) is 6.55. The molecule has 3 N–H and O–H groups in total. The van der Waals surface area contributed by atoms with Crippen LogP contribution in [0.5, 0.6) is 0 Å². The molecule has 1 aliphatic heterocycles. The highest BCUT2D eigenvalue weighted by Crippen LogP contribution is 2.52. The van der Waals surface area contributed by atoms with Gasteiger partial charge in [-0.1, -0.05) is 20.8 Å². The van der Waals surface area contributed by atoms with Crippen molar-refractivity contribution in [1.29, 1.82) is 0 Å². The van der Waals surface area contributed by atoms with Gasteiger partial charge in [0, 0.05) is 18.5 Å². The maximum Gasteiger partial charge on any atom is 0.0728 e. The Balaban J connectivity index is 2.09. The first kappa shape index (κ1) is 17.2. The number of aliphatic hydroxyl groups is 1. The molecule has 1 saturated carbocycles. The lowest BCUT2D eigenvalue weighted by Crippen LogP contribution is -2.55. The normalized spacial score (nSPS) is 33.6. The molecule has 1 heterocycles. The van der Waals surface area contributed by atoms with Gasteiger partial charge in [-0.25, -0.2) is 0 Å². The third kappa shape index (κ3) is 3.62. The van der Waals surface area contributed by atoms with Gasteiger partial charge in [0.2, 0.25) is 0 Å². The zero-order valence-corrected chi connectivity index (χ0v) is 14.5. The van der Waals surface area contributed by atoms with Crippen molar-refractivity contribution in [3.63, 3.8) is 0 Å². The molecule has 1 saturated heterocycles. The van der Waals surface area contributed by atoms with Gasteiger partial charge in [0.05, 0.1) is 5.60 Å². The minimum atomic E-state index is -0.541. The SMILES string of the molecule is CCCN1CCCC(O)(C2(CN)CCC(C)(C)CC2)CC1. The lowest BCUT2D eigenvalue weighted by Gasteiger charge is -2.52. The molecule has 21 heavy (non-hydrogen) atoms. The van der Waals surface area contributed by atoms with Crippen LogP contribution < -0.4 is 5.73 Å². The average Bonchev–Trinajstić information content (AvgIpc) is 2.63. The summed E-state index contributed by atoms with van der Waals surface area (Å²) in [5.74, 6) is 0. The number of hydrogen-bond acceptors (Lipinski definition) is 3. The Bertz CT molecular complexity index is 332. The Morgan fingerprint density at radius 3 is 2.24 bits per heavy atom. The third-order valence-corrected chi connectivity index (χ3v) is 6.38. The Labute approximate surface area is 131 Å². The van der Waals surface area contributed by atoms with Crippen LogP contribution in [0, 0.1) is 10.8 Å². The standard InChI is InChI=1S/C18H36N2O/c1-4-12-20-13-5-6-18(21,11-14-20)17(15-19)9-7-16(2,3)8-10-17/h21H,4-15,19H2,1-3H3. The van der Waals surface area contributed by atoms with Crippen molar-refractivity contribution in [2.24, 2.45) is 16.6 Å². The van der Waals surface area contributed by atoms with Crippen LogP contribution in [0.15, 0.2) is 0 Å². The van der Waals surface area contributed by atoms with E-state index in [9.17, 15) is 5.11 Å². The van der Waals surface area contributed by atoms with E-state index in [-0.39, 0.29) is 5.41 Å². The summed E-state index contributed by atoms with van der Waals surface area (Å²) in [5.41, 5.74) is 6.06. The van der Waals surface area contributed by atoms with E-state index in [0.29, 0.717) is 12.0 Å². The molecule has 3 heteroatoms. The predicted octanol–water partition coefficient (Wildman–Crippen LogP) is 3.16. The molecule has 2 aliphatic rings. The summed E-state index contributed by atoms with van der Waals surface area (Å²) >= 11 is 0. The van der Waals surface area contributed by atoms with E-state index in [1.54, 1.807) is 0 Å². The van der Waals surface area contributed by atoms with Crippen LogP contribution in [0.25, 0.3) is 0 Å². The van der Waals surface area contributed by atoms with Crippen LogP contribution in [0.3, 0.4) is 0 Å². The van der Waals surface area contributed by atoms with Gasteiger partial charge < -0.3 is 15.7 Å². The second-order valence-electron chi connectivity index (χ2n) is 8.38. The molecule has 0 radical (unpaired) electrons. The van der Waals surface area contributed by atoms with E-state index in [1.165, 1.54) is 25.8 Å². The number of rotatable bonds is 4. The summed E-state index contributed by atoms with van der Waals surface area (Å²) in [7, 11) is 0. The molecule has 0 aromatic rings. The summed E-state index contributed by atoms with van der Waals surface area (Å²) < 4.78 is 0. The first-order valence-electron chi connectivity index (χ1n) is 9.01. The van der Waals surface area contributed by atoms with Crippen LogP contribution in [-0.2, 0) is 0 Å². The van der Waals surface area contributed by atoms with E-state index in [1.807, 2.05) is 0 Å². The van der Waals surface area contributed by atoms with Crippen LogP contribution in [-0.4, -0.2) is 41.8 Å². The number of nitrogens with two attached hydrogens (primary N) is 1. The van der Waals surface area contributed by atoms with Crippen LogP contribution in [0.2, 0.25) is 0 Å². The molecule has 0 aromatic heterocycles.